The zero-order valence-electron chi connectivity index (χ0n) is 14.7. The lowest BCUT2D eigenvalue weighted by molar-refractivity contribution is 1.07. The van der Waals surface area contributed by atoms with E-state index >= 15 is 0 Å². The topological polar surface area (TPSA) is 0 Å². The predicted octanol–water partition coefficient (Wildman–Crippen LogP) is 7.97. The van der Waals surface area contributed by atoms with Gasteiger partial charge in [-0.3, -0.25) is 0 Å². The van der Waals surface area contributed by atoms with Crippen LogP contribution in [0.4, 0.5) is 0 Å². The molecule has 2 heteroatoms. The fourth-order valence-electron chi connectivity index (χ4n) is 2.52. The number of hydrogen-bond donors (Lipinski definition) is 0. The van der Waals surface area contributed by atoms with Crippen LogP contribution in [0.5, 0.6) is 0 Å². The van der Waals surface area contributed by atoms with E-state index in [0.29, 0.717) is 0 Å². The fraction of sp³-hybridized carbons (Fsp3) is 0.0833. The lowest BCUT2D eigenvalue weighted by atomic mass is 10.0. The lowest BCUT2D eigenvalue weighted by Gasteiger charge is -2.07. The largest absolute Gasteiger partial charge is 0.103 e. The van der Waals surface area contributed by atoms with E-state index in [1.807, 2.05) is 12.1 Å². The molecule has 0 aliphatic rings. The second-order valence-electron chi connectivity index (χ2n) is 5.94. The van der Waals surface area contributed by atoms with Crippen molar-refractivity contribution in [3.05, 3.63) is 104 Å². The molecule has 0 bridgehead atoms. The zero-order valence-corrected chi connectivity index (χ0v) is 16.4. The van der Waals surface area contributed by atoms with Crippen molar-refractivity contribution >= 4 is 29.1 Å². The molecule has 0 aliphatic carbocycles. The van der Waals surface area contributed by atoms with Crippen molar-refractivity contribution in [3.8, 4) is 0 Å². The summed E-state index contributed by atoms with van der Waals surface area (Å²) < 4.78 is 0. The number of benzene rings is 3. The van der Waals surface area contributed by atoms with Gasteiger partial charge >= 0.3 is 0 Å². The summed E-state index contributed by atoms with van der Waals surface area (Å²) in [5.41, 5.74) is 2.38. The molecule has 0 heterocycles. The van der Waals surface area contributed by atoms with Gasteiger partial charge in [-0.1, -0.05) is 66.5 Å². The van der Waals surface area contributed by atoms with E-state index in [4.69, 9.17) is 0 Å². The van der Waals surface area contributed by atoms with E-state index in [1.165, 1.54) is 30.7 Å². The van der Waals surface area contributed by atoms with E-state index < -0.39 is 0 Å². The van der Waals surface area contributed by atoms with Crippen LogP contribution in [0.1, 0.15) is 18.4 Å². The van der Waals surface area contributed by atoms with Crippen molar-refractivity contribution in [2.24, 2.45) is 0 Å². The van der Waals surface area contributed by atoms with E-state index in [2.05, 4.69) is 86.0 Å². The van der Waals surface area contributed by atoms with Crippen molar-refractivity contribution in [1.82, 2.24) is 0 Å². The van der Waals surface area contributed by atoms with Gasteiger partial charge in [0, 0.05) is 19.6 Å². The average molecular weight is 375 g/mol. The summed E-state index contributed by atoms with van der Waals surface area (Å²) >= 11 is 3.57. The Balaban J connectivity index is 1.60. The summed E-state index contributed by atoms with van der Waals surface area (Å²) in [5, 5.41) is 0. The summed E-state index contributed by atoms with van der Waals surface area (Å²) in [6.07, 6.45) is 3.88. The van der Waals surface area contributed by atoms with E-state index in [9.17, 15) is 0 Å². The highest BCUT2D eigenvalue weighted by atomic mass is 32.2. The molecule has 0 aromatic heterocycles. The Labute approximate surface area is 165 Å². The van der Waals surface area contributed by atoms with E-state index in [0.717, 1.165) is 12.8 Å². The van der Waals surface area contributed by atoms with Crippen LogP contribution < -0.4 is 0 Å². The average Bonchev–Trinajstić information content (AvgIpc) is 2.69. The number of rotatable bonds is 8. The fourth-order valence-corrected chi connectivity index (χ4v) is 4.17. The maximum atomic E-state index is 4.16. The first-order valence-corrected chi connectivity index (χ1v) is 10.3. The van der Waals surface area contributed by atoms with Crippen LogP contribution in [-0.4, -0.2) is 0 Å². The van der Waals surface area contributed by atoms with Crippen molar-refractivity contribution < 1.29 is 0 Å². The quantitative estimate of drug-likeness (QED) is 0.367. The zero-order chi connectivity index (χ0) is 18.2. The number of hydrogen-bond acceptors (Lipinski definition) is 2. The first-order chi connectivity index (χ1) is 12.7. The van der Waals surface area contributed by atoms with Gasteiger partial charge < -0.3 is 0 Å². The van der Waals surface area contributed by atoms with Crippen LogP contribution >= 0.6 is 23.5 Å². The monoisotopic (exact) mass is 374 g/mol. The van der Waals surface area contributed by atoms with Crippen LogP contribution in [0.15, 0.2) is 118 Å². The third-order valence-electron chi connectivity index (χ3n) is 3.95. The van der Waals surface area contributed by atoms with Gasteiger partial charge in [-0.25, -0.2) is 0 Å². The first kappa shape index (κ1) is 18.6. The van der Waals surface area contributed by atoms with Crippen LogP contribution in [0.3, 0.4) is 0 Å². The Morgan fingerprint density at radius 3 is 1.65 bits per heavy atom. The molecule has 0 fully saturated rings. The molecule has 0 unspecified atom stereocenters. The molecule has 0 atom stereocenters. The van der Waals surface area contributed by atoms with Crippen molar-refractivity contribution in [3.63, 3.8) is 0 Å². The standard InChI is InChI=1S/C24H22S2/c1-3-4-8-19(2)20-11-13-22(14-12-20)26-24-17-15-23(16-18-24)25-21-9-6-5-7-10-21/h3,5-7,9-18H,1-2,4,8H2. The molecule has 0 nitrogen and oxygen atoms in total. The molecule has 130 valence electrons. The highest BCUT2D eigenvalue weighted by Gasteiger charge is 2.02. The smallest absolute Gasteiger partial charge is 0.0123 e. The summed E-state index contributed by atoms with van der Waals surface area (Å²) in [4.78, 5) is 5.02. The summed E-state index contributed by atoms with van der Waals surface area (Å²) in [5.74, 6) is 0. The predicted molar refractivity (Wildman–Crippen MR) is 116 cm³/mol. The molecular formula is C24H22S2. The molecule has 0 spiro atoms. The summed E-state index contributed by atoms with van der Waals surface area (Å²) in [7, 11) is 0. The second-order valence-corrected chi connectivity index (χ2v) is 8.24. The first-order valence-electron chi connectivity index (χ1n) is 8.64. The second kappa shape index (κ2) is 9.51. The normalized spacial score (nSPS) is 10.5. The van der Waals surface area contributed by atoms with Gasteiger partial charge in [-0.2, -0.15) is 0 Å². The molecule has 26 heavy (non-hydrogen) atoms. The van der Waals surface area contributed by atoms with Crippen molar-refractivity contribution in [2.45, 2.75) is 32.4 Å². The molecule has 0 saturated carbocycles. The van der Waals surface area contributed by atoms with E-state index in [1.54, 1.807) is 23.5 Å². The minimum absolute atomic E-state index is 0.969. The number of allylic oxidation sites excluding steroid dienone is 2. The van der Waals surface area contributed by atoms with Crippen LogP contribution in [-0.2, 0) is 0 Å². The molecule has 3 aromatic rings. The van der Waals surface area contributed by atoms with E-state index in [-0.39, 0.29) is 0 Å². The SMILES string of the molecule is C=CCCC(=C)c1ccc(Sc2ccc(Sc3ccccc3)cc2)cc1. The van der Waals surface area contributed by atoms with Gasteiger partial charge in [-0.15, -0.1) is 6.58 Å². The molecule has 3 aromatic carbocycles. The molecular weight excluding hydrogens is 352 g/mol. The van der Waals surface area contributed by atoms with Crippen molar-refractivity contribution in [1.29, 1.82) is 0 Å². The molecule has 0 radical (unpaired) electrons. The summed E-state index contributed by atoms with van der Waals surface area (Å²) in [6.45, 7) is 7.93. The Morgan fingerprint density at radius 1 is 0.692 bits per heavy atom. The van der Waals surface area contributed by atoms with Gasteiger partial charge in [0.05, 0.1) is 0 Å². The Kier molecular flexibility index (Phi) is 6.82. The minimum Gasteiger partial charge on any atom is -0.103 e. The third-order valence-corrected chi connectivity index (χ3v) is 5.98. The van der Waals surface area contributed by atoms with Crippen LogP contribution in [0, 0.1) is 0 Å². The maximum absolute atomic E-state index is 4.16. The molecule has 0 aliphatic heterocycles. The van der Waals surface area contributed by atoms with Gasteiger partial charge in [0.1, 0.15) is 0 Å². The van der Waals surface area contributed by atoms with Gasteiger partial charge in [0.25, 0.3) is 0 Å². The van der Waals surface area contributed by atoms with Gasteiger partial charge in [0.2, 0.25) is 0 Å². The molecule has 0 N–H and O–H groups in total. The lowest BCUT2D eigenvalue weighted by Crippen LogP contribution is -1.83. The third kappa shape index (κ3) is 5.42. The molecule has 3 rings (SSSR count). The van der Waals surface area contributed by atoms with Gasteiger partial charge in [0.15, 0.2) is 0 Å². The summed E-state index contributed by atoms with van der Waals surface area (Å²) in [6, 6.07) is 27.9. The van der Waals surface area contributed by atoms with Crippen molar-refractivity contribution in [2.75, 3.05) is 0 Å². The van der Waals surface area contributed by atoms with Gasteiger partial charge in [-0.05, 0) is 72.5 Å². The molecule has 0 amide bonds. The Bertz CT molecular complexity index is 847. The highest BCUT2D eigenvalue weighted by molar-refractivity contribution is 7.99. The highest BCUT2D eigenvalue weighted by Crippen LogP contribution is 2.32. The maximum Gasteiger partial charge on any atom is 0.0123 e. The Hall–Kier alpha value is -2.16. The van der Waals surface area contributed by atoms with Crippen LogP contribution in [0.2, 0.25) is 0 Å². The Morgan fingerprint density at radius 2 is 1.15 bits per heavy atom. The molecule has 0 saturated heterocycles. The minimum atomic E-state index is 0.969. The van der Waals surface area contributed by atoms with Crippen LogP contribution in [0.25, 0.3) is 5.57 Å².